The van der Waals surface area contributed by atoms with Crippen LogP contribution in [0.2, 0.25) is 0 Å². The summed E-state index contributed by atoms with van der Waals surface area (Å²) < 4.78 is 1.99. The highest BCUT2D eigenvalue weighted by Gasteiger charge is 2.32. The first-order valence-electron chi connectivity index (χ1n) is 10.8. The molecule has 3 rings (SSSR count). The average molecular weight is 383 g/mol. The predicted octanol–water partition coefficient (Wildman–Crippen LogP) is 4.08. The van der Waals surface area contributed by atoms with Gasteiger partial charge in [0.25, 0.3) is 0 Å². The summed E-state index contributed by atoms with van der Waals surface area (Å²) in [6.07, 6.45) is 8.96. The highest BCUT2D eigenvalue weighted by atomic mass is 15.4. The lowest BCUT2D eigenvalue weighted by Gasteiger charge is -2.33. The number of rotatable bonds is 8. The van der Waals surface area contributed by atoms with Crippen molar-refractivity contribution in [1.29, 1.82) is 5.26 Å². The van der Waals surface area contributed by atoms with E-state index in [0.29, 0.717) is 11.7 Å². The van der Waals surface area contributed by atoms with E-state index in [9.17, 15) is 5.26 Å². The highest BCUT2D eigenvalue weighted by Crippen LogP contribution is 2.35. The van der Waals surface area contributed by atoms with Gasteiger partial charge in [-0.25, -0.2) is 4.98 Å². The Morgan fingerprint density at radius 1 is 1.18 bits per heavy atom. The maximum atomic E-state index is 9.90. The van der Waals surface area contributed by atoms with Gasteiger partial charge in [0, 0.05) is 13.0 Å². The van der Waals surface area contributed by atoms with Gasteiger partial charge in [-0.2, -0.15) is 9.78 Å². The molecule has 2 aromatic rings. The van der Waals surface area contributed by atoms with Crippen LogP contribution in [-0.2, 0) is 12.8 Å². The molecule has 2 aromatic heterocycles. The SMILES string of the molecule is CCCCc1nc2c(C#N)c(C)c(CCCC)c(N3CCCC3N(C)C)n2n1. The van der Waals surface area contributed by atoms with Crippen LogP contribution in [0.25, 0.3) is 5.65 Å². The minimum atomic E-state index is 0.360. The normalized spacial score (nSPS) is 17.0. The Balaban J connectivity index is 2.25. The smallest absolute Gasteiger partial charge is 0.176 e. The van der Waals surface area contributed by atoms with Crippen molar-refractivity contribution in [2.45, 2.75) is 78.3 Å². The van der Waals surface area contributed by atoms with Gasteiger partial charge >= 0.3 is 0 Å². The summed E-state index contributed by atoms with van der Waals surface area (Å²) in [5, 5.41) is 14.8. The first kappa shape index (κ1) is 20.6. The molecule has 0 aliphatic carbocycles. The van der Waals surface area contributed by atoms with Gasteiger partial charge in [0.05, 0.1) is 6.17 Å². The largest absolute Gasteiger partial charge is 0.341 e. The van der Waals surface area contributed by atoms with Gasteiger partial charge in [0.2, 0.25) is 0 Å². The molecular weight excluding hydrogens is 348 g/mol. The number of nitriles is 1. The number of aryl methyl sites for hydroxylation is 1. The topological polar surface area (TPSA) is 60.5 Å². The lowest BCUT2D eigenvalue weighted by Crippen LogP contribution is -2.42. The van der Waals surface area contributed by atoms with E-state index in [1.165, 1.54) is 12.0 Å². The monoisotopic (exact) mass is 382 g/mol. The summed E-state index contributed by atoms with van der Waals surface area (Å²) in [6.45, 7) is 7.51. The Morgan fingerprint density at radius 3 is 2.54 bits per heavy atom. The number of hydrogen-bond donors (Lipinski definition) is 0. The Labute approximate surface area is 169 Å². The Hall–Kier alpha value is -2.13. The number of nitrogens with zero attached hydrogens (tertiary/aromatic N) is 6. The predicted molar refractivity (Wildman–Crippen MR) is 114 cm³/mol. The van der Waals surface area contributed by atoms with Crippen molar-refractivity contribution >= 4 is 11.5 Å². The number of pyridine rings is 1. The van der Waals surface area contributed by atoms with Gasteiger partial charge in [-0.1, -0.05) is 26.7 Å². The molecule has 0 amide bonds. The number of aromatic nitrogens is 3. The van der Waals surface area contributed by atoms with Crippen molar-refractivity contribution in [3.8, 4) is 6.07 Å². The van der Waals surface area contributed by atoms with Crippen LogP contribution >= 0.6 is 0 Å². The molecule has 0 spiro atoms. The zero-order chi connectivity index (χ0) is 20.3. The summed E-state index contributed by atoms with van der Waals surface area (Å²) in [5.74, 6) is 2.01. The van der Waals surface area contributed by atoms with Crippen molar-refractivity contribution in [2.75, 3.05) is 25.5 Å². The minimum absolute atomic E-state index is 0.360. The van der Waals surface area contributed by atoms with Crippen LogP contribution < -0.4 is 4.90 Å². The van der Waals surface area contributed by atoms with Crippen LogP contribution in [-0.4, -0.2) is 46.3 Å². The second kappa shape index (κ2) is 8.91. The van der Waals surface area contributed by atoms with Gasteiger partial charge < -0.3 is 4.90 Å². The molecule has 1 saturated heterocycles. The lowest BCUT2D eigenvalue weighted by molar-refractivity contribution is 0.299. The number of hydrogen-bond acceptors (Lipinski definition) is 5. The van der Waals surface area contributed by atoms with Crippen LogP contribution in [0.4, 0.5) is 5.82 Å². The zero-order valence-electron chi connectivity index (χ0n) is 18.1. The molecule has 6 heteroatoms. The first-order valence-corrected chi connectivity index (χ1v) is 10.8. The first-order chi connectivity index (χ1) is 13.5. The molecule has 0 aromatic carbocycles. The maximum Gasteiger partial charge on any atom is 0.176 e. The molecule has 0 radical (unpaired) electrons. The van der Waals surface area contributed by atoms with Gasteiger partial charge in [-0.05, 0) is 64.3 Å². The van der Waals surface area contributed by atoms with Crippen molar-refractivity contribution in [1.82, 2.24) is 19.5 Å². The molecule has 1 atom stereocenters. The molecule has 152 valence electrons. The van der Waals surface area contributed by atoms with E-state index in [2.05, 4.69) is 50.7 Å². The van der Waals surface area contributed by atoms with Crippen LogP contribution in [0.5, 0.6) is 0 Å². The fourth-order valence-corrected chi connectivity index (χ4v) is 4.33. The average Bonchev–Trinajstić information content (AvgIpc) is 3.31. The van der Waals surface area contributed by atoms with E-state index in [0.717, 1.165) is 74.3 Å². The summed E-state index contributed by atoms with van der Waals surface area (Å²) in [5.41, 5.74) is 3.76. The van der Waals surface area contributed by atoms with Crippen molar-refractivity contribution < 1.29 is 0 Å². The third-order valence-electron chi connectivity index (χ3n) is 5.91. The molecular formula is C22H34N6. The molecule has 28 heavy (non-hydrogen) atoms. The van der Waals surface area contributed by atoms with E-state index in [1.54, 1.807) is 0 Å². The fourth-order valence-electron chi connectivity index (χ4n) is 4.33. The van der Waals surface area contributed by atoms with Crippen LogP contribution in [0.1, 0.15) is 74.9 Å². The van der Waals surface area contributed by atoms with E-state index < -0.39 is 0 Å². The summed E-state index contributed by atoms with van der Waals surface area (Å²) in [6, 6.07) is 2.42. The molecule has 3 heterocycles. The van der Waals surface area contributed by atoms with Gasteiger partial charge in [-0.3, -0.25) is 4.90 Å². The van der Waals surface area contributed by atoms with E-state index in [1.807, 2.05) is 4.52 Å². The Morgan fingerprint density at radius 2 is 1.89 bits per heavy atom. The van der Waals surface area contributed by atoms with Crippen molar-refractivity contribution in [3.63, 3.8) is 0 Å². The van der Waals surface area contributed by atoms with Gasteiger partial charge in [0.1, 0.15) is 17.5 Å². The van der Waals surface area contributed by atoms with Crippen molar-refractivity contribution in [2.24, 2.45) is 0 Å². The van der Waals surface area contributed by atoms with Crippen LogP contribution in [0.15, 0.2) is 0 Å². The van der Waals surface area contributed by atoms with Gasteiger partial charge in [0.15, 0.2) is 11.5 Å². The quantitative estimate of drug-likeness (QED) is 0.688. The van der Waals surface area contributed by atoms with Crippen molar-refractivity contribution in [3.05, 3.63) is 22.5 Å². The third kappa shape index (κ3) is 3.73. The molecule has 1 aliphatic heterocycles. The molecule has 0 N–H and O–H groups in total. The second-order valence-electron chi connectivity index (χ2n) is 8.16. The van der Waals surface area contributed by atoms with E-state index >= 15 is 0 Å². The summed E-state index contributed by atoms with van der Waals surface area (Å²) >= 11 is 0. The minimum Gasteiger partial charge on any atom is -0.341 e. The lowest BCUT2D eigenvalue weighted by atomic mass is 9.99. The van der Waals surface area contributed by atoms with E-state index in [-0.39, 0.29) is 0 Å². The molecule has 0 bridgehead atoms. The molecule has 1 unspecified atom stereocenters. The Kier molecular flexibility index (Phi) is 6.56. The molecule has 6 nitrogen and oxygen atoms in total. The zero-order valence-corrected chi connectivity index (χ0v) is 18.1. The van der Waals surface area contributed by atoms with Gasteiger partial charge in [-0.15, -0.1) is 5.10 Å². The highest BCUT2D eigenvalue weighted by molar-refractivity contribution is 5.69. The maximum absolute atomic E-state index is 9.90. The number of anilines is 1. The summed E-state index contributed by atoms with van der Waals surface area (Å²) in [4.78, 5) is 9.58. The summed E-state index contributed by atoms with van der Waals surface area (Å²) in [7, 11) is 4.30. The molecule has 1 aliphatic rings. The molecule has 0 saturated carbocycles. The number of unbranched alkanes of at least 4 members (excludes halogenated alkanes) is 2. The van der Waals surface area contributed by atoms with E-state index in [4.69, 9.17) is 10.1 Å². The second-order valence-corrected chi connectivity index (χ2v) is 8.16. The third-order valence-corrected chi connectivity index (χ3v) is 5.91. The standard InChI is InChI=1S/C22H34N6/c1-6-8-11-17-16(3)18(15-23)21-24-19(12-9-7-2)25-28(21)22(17)27-14-10-13-20(27)26(4)5/h20H,6-14H2,1-5H3. The molecule has 1 fully saturated rings. The van der Waals surface area contributed by atoms with Crippen LogP contribution in [0, 0.1) is 18.3 Å². The van der Waals surface area contributed by atoms with Crippen LogP contribution in [0.3, 0.4) is 0 Å². The fraction of sp³-hybridized carbons (Fsp3) is 0.682. The number of fused-ring (bicyclic) bond motifs is 1. The Bertz CT molecular complexity index is 860.